The van der Waals surface area contributed by atoms with Gasteiger partial charge < -0.3 is 4.90 Å². The van der Waals surface area contributed by atoms with Gasteiger partial charge in [0.1, 0.15) is 0 Å². The van der Waals surface area contributed by atoms with Crippen molar-refractivity contribution in [2.45, 2.75) is 37.5 Å². The average Bonchev–Trinajstić information content (AvgIpc) is 2.69. The van der Waals surface area contributed by atoms with E-state index in [9.17, 15) is 13.2 Å². The molecule has 6 nitrogen and oxygen atoms in total. The SMILES string of the molecule is CCCN1CCN(C(=O)c2cc(S(=O)(=O)N3CCCCC3)ccc2Cl)CC1. The molecule has 1 aromatic rings. The number of piperazine rings is 1. The van der Waals surface area contributed by atoms with Gasteiger partial charge in [-0.25, -0.2) is 8.42 Å². The molecule has 0 saturated carbocycles. The molecular formula is C19H28ClN3O3S. The van der Waals surface area contributed by atoms with Gasteiger partial charge in [0.05, 0.1) is 15.5 Å². The van der Waals surface area contributed by atoms with Gasteiger partial charge in [0.2, 0.25) is 10.0 Å². The Morgan fingerprint density at radius 2 is 1.70 bits per heavy atom. The number of sulfonamides is 1. The maximum atomic E-state index is 13.0. The first kappa shape index (κ1) is 20.6. The zero-order valence-electron chi connectivity index (χ0n) is 15.9. The van der Waals surface area contributed by atoms with Crippen molar-refractivity contribution in [1.82, 2.24) is 14.1 Å². The summed E-state index contributed by atoms with van der Waals surface area (Å²) in [5.74, 6) is -0.188. The molecular weight excluding hydrogens is 386 g/mol. The van der Waals surface area contributed by atoms with Crippen LogP contribution >= 0.6 is 11.6 Å². The molecule has 150 valence electrons. The minimum atomic E-state index is -3.59. The van der Waals surface area contributed by atoms with Crippen LogP contribution in [0.1, 0.15) is 43.0 Å². The Balaban J connectivity index is 1.78. The van der Waals surface area contributed by atoms with E-state index in [4.69, 9.17) is 11.6 Å². The zero-order chi connectivity index (χ0) is 19.4. The van der Waals surface area contributed by atoms with Crippen LogP contribution in [0.4, 0.5) is 0 Å². The Morgan fingerprint density at radius 3 is 2.33 bits per heavy atom. The highest BCUT2D eigenvalue weighted by Gasteiger charge is 2.29. The molecule has 0 unspecified atom stereocenters. The summed E-state index contributed by atoms with van der Waals surface area (Å²) in [6.07, 6.45) is 3.90. The molecule has 2 saturated heterocycles. The second-order valence-electron chi connectivity index (χ2n) is 7.24. The maximum absolute atomic E-state index is 13.0. The van der Waals surface area contributed by atoms with Crippen molar-refractivity contribution in [1.29, 1.82) is 0 Å². The molecule has 2 aliphatic heterocycles. The number of amides is 1. The van der Waals surface area contributed by atoms with Crippen molar-refractivity contribution in [3.63, 3.8) is 0 Å². The Morgan fingerprint density at radius 1 is 1.04 bits per heavy atom. The third-order valence-corrected chi connectivity index (χ3v) is 7.54. The number of carbonyl (C=O) groups excluding carboxylic acids is 1. The molecule has 0 spiro atoms. The first-order valence-corrected chi connectivity index (χ1v) is 11.6. The van der Waals surface area contributed by atoms with Gasteiger partial charge in [0, 0.05) is 39.3 Å². The smallest absolute Gasteiger partial charge is 0.255 e. The normalized spacial score (nSPS) is 20.0. The second kappa shape index (κ2) is 8.90. The highest BCUT2D eigenvalue weighted by atomic mass is 35.5. The molecule has 2 heterocycles. The van der Waals surface area contributed by atoms with E-state index in [1.807, 2.05) is 0 Å². The highest BCUT2D eigenvalue weighted by Crippen LogP contribution is 2.26. The van der Waals surface area contributed by atoms with Gasteiger partial charge in [0.15, 0.2) is 0 Å². The van der Waals surface area contributed by atoms with Crippen LogP contribution in [0.2, 0.25) is 5.02 Å². The molecule has 3 rings (SSSR count). The predicted octanol–water partition coefficient (Wildman–Crippen LogP) is 2.68. The highest BCUT2D eigenvalue weighted by molar-refractivity contribution is 7.89. The van der Waals surface area contributed by atoms with Gasteiger partial charge in [-0.15, -0.1) is 0 Å². The molecule has 2 fully saturated rings. The molecule has 0 N–H and O–H groups in total. The molecule has 0 atom stereocenters. The number of nitrogens with zero attached hydrogens (tertiary/aromatic N) is 3. The summed E-state index contributed by atoms with van der Waals surface area (Å²) < 4.78 is 27.3. The van der Waals surface area contributed by atoms with Gasteiger partial charge in [-0.1, -0.05) is 24.9 Å². The summed E-state index contributed by atoms with van der Waals surface area (Å²) in [5.41, 5.74) is 0.277. The van der Waals surface area contributed by atoms with E-state index in [1.54, 1.807) is 4.90 Å². The number of benzene rings is 1. The molecule has 0 radical (unpaired) electrons. The third-order valence-electron chi connectivity index (χ3n) is 5.32. The van der Waals surface area contributed by atoms with Crippen LogP contribution in [-0.4, -0.2) is 74.2 Å². The van der Waals surface area contributed by atoms with Crippen LogP contribution in [0.3, 0.4) is 0 Å². The maximum Gasteiger partial charge on any atom is 0.255 e. The molecule has 1 aromatic carbocycles. The van der Waals surface area contributed by atoms with Gasteiger partial charge >= 0.3 is 0 Å². The number of halogens is 1. The molecule has 0 aromatic heterocycles. The molecule has 0 bridgehead atoms. The van der Waals surface area contributed by atoms with Crippen molar-refractivity contribution >= 4 is 27.5 Å². The van der Waals surface area contributed by atoms with E-state index in [0.29, 0.717) is 31.2 Å². The van der Waals surface area contributed by atoms with Gasteiger partial charge in [0.25, 0.3) is 5.91 Å². The number of hydrogen-bond donors (Lipinski definition) is 0. The van der Waals surface area contributed by atoms with Crippen molar-refractivity contribution in [2.24, 2.45) is 0 Å². The fraction of sp³-hybridized carbons (Fsp3) is 0.632. The molecule has 1 amide bonds. The third kappa shape index (κ3) is 4.65. The van der Waals surface area contributed by atoms with Crippen LogP contribution in [0.25, 0.3) is 0 Å². The summed E-state index contributed by atoms with van der Waals surface area (Å²) in [5, 5.41) is 0.300. The fourth-order valence-corrected chi connectivity index (χ4v) is 5.49. The van der Waals surface area contributed by atoms with Crippen LogP contribution in [-0.2, 0) is 10.0 Å². The van der Waals surface area contributed by atoms with Crippen molar-refractivity contribution in [3.05, 3.63) is 28.8 Å². The first-order valence-electron chi connectivity index (χ1n) is 9.75. The lowest BCUT2D eigenvalue weighted by Crippen LogP contribution is -2.48. The van der Waals surface area contributed by atoms with E-state index in [0.717, 1.165) is 45.3 Å². The van der Waals surface area contributed by atoms with Crippen molar-refractivity contribution in [3.8, 4) is 0 Å². The number of piperidine rings is 1. The van der Waals surface area contributed by atoms with E-state index in [-0.39, 0.29) is 16.4 Å². The molecule has 2 aliphatic rings. The largest absolute Gasteiger partial charge is 0.336 e. The minimum Gasteiger partial charge on any atom is -0.336 e. The van der Waals surface area contributed by atoms with Crippen LogP contribution < -0.4 is 0 Å². The van der Waals surface area contributed by atoms with E-state index < -0.39 is 10.0 Å². The minimum absolute atomic E-state index is 0.154. The molecule has 27 heavy (non-hydrogen) atoms. The lowest BCUT2D eigenvalue weighted by atomic mass is 10.1. The topological polar surface area (TPSA) is 60.9 Å². The number of hydrogen-bond acceptors (Lipinski definition) is 4. The lowest BCUT2D eigenvalue weighted by molar-refractivity contribution is 0.0637. The Bertz CT molecular complexity index is 770. The van der Waals surface area contributed by atoms with Crippen LogP contribution in [0.5, 0.6) is 0 Å². The summed E-state index contributed by atoms with van der Waals surface area (Å²) in [7, 11) is -3.59. The molecule has 8 heteroatoms. The summed E-state index contributed by atoms with van der Waals surface area (Å²) >= 11 is 6.26. The number of carbonyl (C=O) groups is 1. The Hall–Kier alpha value is -1.15. The predicted molar refractivity (Wildman–Crippen MR) is 107 cm³/mol. The van der Waals surface area contributed by atoms with Crippen molar-refractivity contribution in [2.75, 3.05) is 45.8 Å². The average molecular weight is 414 g/mol. The van der Waals surface area contributed by atoms with Gasteiger partial charge in [-0.2, -0.15) is 4.31 Å². The summed E-state index contributed by atoms with van der Waals surface area (Å²) in [4.78, 5) is 17.2. The quantitative estimate of drug-likeness (QED) is 0.744. The second-order valence-corrected chi connectivity index (χ2v) is 9.59. The Kier molecular flexibility index (Phi) is 6.78. The standard InChI is InChI=1S/C19H28ClN3O3S/c1-2-8-21-11-13-22(14-12-21)19(24)17-15-16(6-7-18(17)20)27(25,26)23-9-4-3-5-10-23/h6-7,15H,2-5,8-14H2,1H3. The van der Waals surface area contributed by atoms with Gasteiger partial charge in [-0.3, -0.25) is 9.69 Å². The number of rotatable bonds is 5. The van der Waals surface area contributed by atoms with E-state index in [1.165, 1.54) is 22.5 Å². The zero-order valence-corrected chi connectivity index (χ0v) is 17.4. The van der Waals surface area contributed by atoms with E-state index >= 15 is 0 Å². The van der Waals surface area contributed by atoms with Crippen molar-refractivity contribution < 1.29 is 13.2 Å². The molecule has 0 aliphatic carbocycles. The summed E-state index contributed by atoms with van der Waals surface area (Å²) in [6.45, 7) is 7.20. The summed E-state index contributed by atoms with van der Waals surface area (Å²) in [6, 6.07) is 4.48. The van der Waals surface area contributed by atoms with Gasteiger partial charge in [-0.05, 0) is 44.0 Å². The fourth-order valence-electron chi connectivity index (χ4n) is 3.74. The lowest BCUT2D eigenvalue weighted by Gasteiger charge is -2.34. The monoisotopic (exact) mass is 413 g/mol. The van der Waals surface area contributed by atoms with Crippen LogP contribution in [0, 0.1) is 0 Å². The first-order chi connectivity index (χ1) is 12.9. The Labute approximate surface area is 167 Å². The van der Waals surface area contributed by atoms with Crippen LogP contribution in [0.15, 0.2) is 23.1 Å². The van der Waals surface area contributed by atoms with E-state index in [2.05, 4.69) is 11.8 Å².